The molecule has 0 aliphatic rings. The highest BCUT2D eigenvalue weighted by molar-refractivity contribution is 7.89. The molecule has 0 saturated carbocycles. The first-order valence-electron chi connectivity index (χ1n) is 9.99. The van der Waals surface area contributed by atoms with E-state index in [-0.39, 0.29) is 22.6 Å². The fraction of sp³-hybridized carbons (Fsp3) is 0.435. The maximum atomic E-state index is 13.1. The maximum absolute atomic E-state index is 13.1. The van der Waals surface area contributed by atoms with Crippen molar-refractivity contribution >= 4 is 21.6 Å². The summed E-state index contributed by atoms with van der Waals surface area (Å²) >= 11 is 0. The van der Waals surface area contributed by atoms with Gasteiger partial charge in [-0.25, -0.2) is 8.42 Å². The largest absolute Gasteiger partial charge is 0.322 e. The first-order chi connectivity index (χ1) is 13.5. The van der Waals surface area contributed by atoms with Gasteiger partial charge in [-0.1, -0.05) is 33.8 Å². The lowest BCUT2D eigenvalue weighted by atomic mass is 10.1. The highest BCUT2D eigenvalue weighted by Crippen LogP contribution is 2.21. The Bertz CT molecular complexity index is 939. The number of nitrogens with one attached hydrogen (secondary N) is 1. The zero-order valence-corrected chi connectivity index (χ0v) is 19.0. The van der Waals surface area contributed by atoms with Crippen LogP contribution in [0.1, 0.15) is 49.2 Å². The molecule has 2 aromatic rings. The van der Waals surface area contributed by atoms with E-state index < -0.39 is 10.0 Å². The molecule has 0 aromatic heterocycles. The quantitative estimate of drug-likeness (QED) is 0.668. The molecule has 1 amide bonds. The van der Waals surface area contributed by atoms with Crippen molar-refractivity contribution in [2.24, 2.45) is 11.8 Å². The van der Waals surface area contributed by atoms with E-state index in [1.165, 1.54) is 0 Å². The van der Waals surface area contributed by atoms with Gasteiger partial charge in [0.2, 0.25) is 10.0 Å². The van der Waals surface area contributed by atoms with Crippen molar-refractivity contribution in [1.82, 2.24) is 4.31 Å². The Hall–Kier alpha value is -2.18. The van der Waals surface area contributed by atoms with Crippen LogP contribution in [0.15, 0.2) is 47.4 Å². The lowest BCUT2D eigenvalue weighted by Gasteiger charge is -2.25. The Morgan fingerprint density at radius 3 is 1.93 bits per heavy atom. The molecule has 6 heteroatoms. The van der Waals surface area contributed by atoms with Gasteiger partial charge >= 0.3 is 0 Å². The summed E-state index contributed by atoms with van der Waals surface area (Å²) in [4.78, 5) is 12.7. The van der Waals surface area contributed by atoms with E-state index in [0.717, 1.165) is 11.1 Å². The van der Waals surface area contributed by atoms with E-state index in [1.807, 2.05) is 53.7 Å². The lowest BCUT2D eigenvalue weighted by molar-refractivity contribution is 0.102. The number of amides is 1. The van der Waals surface area contributed by atoms with E-state index in [0.29, 0.717) is 24.3 Å². The van der Waals surface area contributed by atoms with E-state index >= 15 is 0 Å². The molecule has 2 rings (SSSR count). The number of aryl methyl sites for hydroxylation is 2. The summed E-state index contributed by atoms with van der Waals surface area (Å²) in [5, 5.41) is 2.83. The monoisotopic (exact) mass is 416 g/mol. The van der Waals surface area contributed by atoms with Crippen LogP contribution in [-0.2, 0) is 10.0 Å². The van der Waals surface area contributed by atoms with Crippen LogP contribution in [-0.4, -0.2) is 31.7 Å². The van der Waals surface area contributed by atoms with Gasteiger partial charge in [0.25, 0.3) is 5.91 Å². The molecule has 0 atom stereocenters. The molecule has 0 radical (unpaired) electrons. The zero-order valence-electron chi connectivity index (χ0n) is 18.2. The predicted molar refractivity (Wildman–Crippen MR) is 119 cm³/mol. The van der Waals surface area contributed by atoms with Crippen LogP contribution in [0.4, 0.5) is 5.69 Å². The summed E-state index contributed by atoms with van der Waals surface area (Å²) in [6.45, 7) is 13.0. The minimum absolute atomic E-state index is 0.218. The Balaban J connectivity index is 2.19. The van der Waals surface area contributed by atoms with Gasteiger partial charge in [0, 0.05) is 24.3 Å². The van der Waals surface area contributed by atoms with Crippen molar-refractivity contribution in [3.05, 3.63) is 59.2 Å². The third-order valence-electron chi connectivity index (χ3n) is 4.66. The van der Waals surface area contributed by atoms with Gasteiger partial charge in [-0.3, -0.25) is 4.79 Å². The average Bonchev–Trinajstić information content (AvgIpc) is 2.63. The molecule has 158 valence electrons. The van der Waals surface area contributed by atoms with Crippen LogP contribution in [0.3, 0.4) is 0 Å². The predicted octanol–water partition coefficient (Wildman–Crippen LogP) is 4.86. The van der Waals surface area contributed by atoms with Gasteiger partial charge in [0.15, 0.2) is 0 Å². The Kier molecular flexibility index (Phi) is 7.60. The highest BCUT2D eigenvalue weighted by atomic mass is 32.2. The number of hydrogen-bond donors (Lipinski definition) is 1. The van der Waals surface area contributed by atoms with Crippen LogP contribution in [0.25, 0.3) is 0 Å². The number of rotatable bonds is 8. The fourth-order valence-corrected chi connectivity index (χ4v) is 4.80. The number of anilines is 1. The molecule has 0 heterocycles. The van der Waals surface area contributed by atoms with Crippen LogP contribution < -0.4 is 5.32 Å². The van der Waals surface area contributed by atoms with Gasteiger partial charge in [0.1, 0.15) is 0 Å². The SMILES string of the molecule is Cc1ccc(C(=O)Nc2ccc(S(=O)(=O)N(CC(C)C)CC(C)C)cc2)cc1C. The molecule has 0 unspecified atom stereocenters. The van der Waals surface area contributed by atoms with Gasteiger partial charge in [-0.15, -0.1) is 0 Å². The number of nitrogens with zero attached hydrogens (tertiary/aromatic N) is 1. The Morgan fingerprint density at radius 1 is 0.897 bits per heavy atom. The van der Waals surface area contributed by atoms with Crippen molar-refractivity contribution in [2.75, 3.05) is 18.4 Å². The smallest absolute Gasteiger partial charge is 0.255 e. The minimum atomic E-state index is -3.58. The molecule has 0 fully saturated rings. The van der Waals surface area contributed by atoms with Crippen molar-refractivity contribution in [1.29, 1.82) is 0 Å². The second kappa shape index (κ2) is 9.55. The molecule has 5 nitrogen and oxygen atoms in total. The summed E-state index contributed by atoms with van der Waals surface area (Å²) in [6, 6.07) is 11.9. The number of sulfonamides is 1. The van der Waals surface area contributed by atoms with E-state index in [1.54, 1.807) is 34.6 Å². The molecule has 0 bridgehead atoms. The molecule has 2 aromatic carbocycles. The van der Waals surface area contributed by atoms with Gasteiger partial charge in [-0.2, -0.15) is 4.31 Å². The topological polar surface area (TPSA) is 66.5 Å². The maximum Gasteiger partial charge on any atom is 0.255 e. The van der Waals surface area contributed by atoms with Crippen LogP contribution in [0.5, 0.6) is 0 Å². The standard InChI is InChI=1S/C23H32N2O3S/c1-16(2)14-25(15-17(3)4)29(27,28)22-11-9-21(10-12-22)24-23(26)20-8-7-18(5)19(6)13-20/h7-13,16-17H,14-15H2,1-6H3,(H,24,26). The number of carbonyl (C=O) groups excluding carboxylic acids is 1. The first kappa shape index (κ1) is 23.1. The summed E-state index contributed by atoms with van der Waals surface area (Å²) < 4.78 is 27.7. The summed E-state index contributed by atoms with van der Waals surface area (Å²) in [5.41, 5.74) is 3.31. The molecule has 29 heavy (non-hydrogen) atoms. The summed E-state index contributed by atoms with van der Waals surface area (Å²) in [7, 11) is -3.58. The molecule has 0 aliphatic heterocycles. The fourth-order valence-electron chi connectivity index (χ4n) is 3.03. The third kappa shape index (κ3) is 6.15. The summed E-state index contributed by atoms with van der Waals surface area (Å²) in [6.07, 6.45) is 0. The van der Waals surface area contributed by atoms with Crippen LogP contribution in [0, 0.1) is 25.7 Å². The normalized spacial score (nSPS) is 12.0. The van der Waals surface area contributed by atoms with Gasteiger partial charge < -0.3 is 5.32 Å². The second-order valence-electron chi connectivity index (χ2n) is 8.39. The van der Waals surface area contributed by atoms with E-state index in [4.69, 9.17) is 0 Å². The molecule has 0 aliphatic carbocycles. The molecule has 0 saturated heterocycles. The molecule has 1 N–H and O–H groups in total. The van der Waals surface area contributed by atoms with Crippen molar-refractivity contribution < 1.29 is 13.2 Å². The van der Waals surface area contributed by atoms with E-state index in [2.05, 4.69) is 5.32 Å². The van der Waals surface area contributed by atoms with Gasteiger partial charge in [-0.05, 0) is 73.2 Å². The minimum Gasteiger partial charge on any atom is -0.322 e. The number of benzene rings is 2. The number of hydrogen-bond acceptors (Lipinski definition) is 3. The van der Waals surface area contributed by atoms with E-state index in [9.17, 15) is 13.2 Å². The third-order valence-corrected chi connectivity index (χ3v) is 6.50. The number of carbonyl (C=O) groups is 1. The highest BCUT2D eigenvalue weighted by Gasteiger charge is 2.25. The average molecular weight is 417 g/mol. The second-order valence-corrected chi connectivity index (χ2v) is 10.3. The molecular weight excluding hydrogens is 384 g/mol. The van der Waals surface area contributed by atoms with Gasteiger partial charge in [0.05, 0.1) is 4.90 Å². The summed E-state index contributed by atoms with van der Waals surface area (Å²) in [5.74, 6) is 0.255. The molecule has 0 spiro atoms. The van der Waals surface area contributed by atoms with Crippen LogP contribution in [0.2, 0.25) is 0 Å². The first-order valence-corrected chi connectivity index (χ1v) is 11.4. The Morgan fingerprint density at radius 2 is 1.45 bits per heavy atom. The van der Waals surface area contributed by atoms with Crippen LogP contribution >= 0.6 is 0 Å². The van der Waals surface area contributed by atoms with Crippen molar-refractivity contribution in [3.8, 4) is 0 Å². The van der Waals surface area contributed by atoms with Crippen molar-refractivity contribution in [3.63, 3.8) is 0 Å². The van der Waals surface area contributed by atoms with Crippen molar-refractivity contribution in [2.45, 2.75) is 46.4 Å². The zero-order chi connectivity index (χ0) is 21.8. The Labute approximate surface area is 175 Å². The molecular formula is C23H32N2O3S. The lowest BCUT2D eigenvalue weighted by Crippen LogP contribution is -2.37.